The van der Waals surface area contributed by atoms with Crippen molar-refractivity contribution in [3.63, 3.8) is 0 Å². The number of benzene rings is 3. The minimum absolute atomic E-state index is 0.00404. The van der Waals surface area contributed by atoms with Crippen LogP contribution >= 0.6 is 0 Å². The summed E-state index contributed by atoms with van der Waals surface area (Å²) in [5, 5.41) is 9.24. The Balaban J connectivity index is 1.42. The standard InChI is InChI=1S/C29H29FN4O/c1-29(2)27(31-17-19-8-9-19)26(20-6-4-3-5-7-20)33(28(29)35)24-14-15-25-21(16-24)18-32-34(25)23-12-10-22(30)11-13-23/h3-7,10-16,18-19,26-27,31H,8-9,17H2,1-2H3/t26?,27-/m1/s1. The lowest BCUT2D eigenvalue weighted by molar-refractivity contribution is -0.124. The van der Waals surface area contributed by atoms with Gasteiger partial charge < -0.3 is 10.2 Å². The van der Waals surface area contributed by atoms with Gasteiger partial charge in [-0.3, -0.25) is 4.79 Å². The van der Waals surface area contributed by atoms with E-state index in [1.54, 1.807) is 23.0 Å². The van der Waals surface area contributed by atoms with E-state index in [-0.39, 0.29) is 23.8 Å². The van der Waals surface area contributed by atoms with Crippen molar-refractivity contribution in [3.05, 3.63) is 90.4 Å². The first kappa shape index (κ1) is 22.0. The number of amides is 1. The Labute approximate surface area is 204 Å². The van der Waals surface area contributed by atoms with E-state index in [9.17, 15) is 9.18 Å². The highest BCUT2D eigenvalue weighted by Crippen LogP contribution is 2.47. The molecule has 1 amide bonds. The number of fused-ring (bicyclic) bond motifs is 1. The highest BCUT2D eigenvalue weighted by atomic mass is 19.1. The third-order valence-electron chi connectivity index (χ3n) is 7.51. The fourth-order valence-electron chi connectivity index (χ4n) is 5.32. The summed E-state index contributed by atoms with van der Waals surface area (Å²) in [6.45, 7) is 5.06. The van der Waals surface area contributed by atoms with E-state index in [2.05, 4.69) is 36.4 Å². The lowest BCUT2D eigenvalue weighted by Gasteiger charge is -2.31. The van der Waals surface area contributed by atoms with Crippen molar-refractivity contribution in [2.75, 3.05) is 11.4 Å². The van der Waals surface area contributed by atoms with Gasteiger partial charge in [0.05, 0.1) is 28.9 Å². The molecule has 1 aliphatic heterocycles. The monoisotopic (exact) mass is 468 g/mol. The molecule has 1 saturated carbocycles. The molecule has 1 aromatic heterocycles. The molecule has 178 valence electrons. The number of aromatic nitrogens is 2. The van der Waals surface area contributed by atoms with Gasteiger partial charge in [-0.05, 0) is 87.2 Å². The van der Waals surface area contributed by atoms with Gasteiger partial charge in [0.2, 0.25) is 5.91 Å². The van der Waals surface area contributed by atoms with Crippen LogP contribution in [0, 0.1) is 17.2 Å². The Morgan fingerprint density at radius 3 is 2.43 bits per heavy atom. The summed E-state index contributed by atoms with van der Waals surface area (Å²) in [6.07, 6.45) is 4.33. The molecule has 1 unspecified atom stereocenters. The third kappa shape index (κ3) is 3.82. The lowest BCUT2D eigenvalue weighted by Crippen LogP contribution is -2.44. The number of nitrogens with one attached hydrogen (secondary N) is 1. The SMILES string of the molecule is CC1(C)C(=O)N(c2ccc3c(cnn3-c3ccc(F)cc3)c2)C(c2ccccc2)[C@H]1NCC1CC1. The van der Waals surface area contributed by atoms with E-state index in [1.165, 1.54) is 25.0 Å². The first-order valence-electron chi connectivity index (χ1n) is 12.3. The van der Waals surface area contributed by atoms with E-state index in [1.807, 2.05) is 41.3 Å². The van der Waals surface area contributed by atoms with Gasteiger partial charge in [-0.25, -0.2) is 9.07 Å². The Bertz CT molecular complexity index is 1380. The van der Waals surface area contributed by atoms with Gasteiger partial charge in [0.25, 0.3) is 0 Å². The largest absolute Gasteiger partial charge is 0.310 e. The molecule has 6 heteroatoms. The number of halogens is 1. The van der Waals surface area contributed by atoms with Gasteiger partial charge in [-0.1, -0.05) is 30.3 Å². The smallest absolute Gasteiger partial charge is 0.234 e. The summed E-state index contributed by atoms with van der Waals surface area (Å²) in [5.74, 6) is 0.560. The molecule has 1 N–H and O–H groups in total. The van der Waals surface area contributed by atoms with Crippen LogP contribution in [-0.4, -0.2) is 28.3 Å². The number of nitrogens with zero attached hydrogens (tertiary/aromatic N) is 3. The molecule has 2 aliphatic rings. The Kier molecular flexibility index (Phi) is 5.22. The van der Waals surface area contributed by atoms with Crippen LogP contribution in [0.5, 0.6) is 0 Å². The average Bonchev–Trinajstić information content (AvgIpc) is 3.56. The van der Waals surface area contributed by atoms with Crippen molar-refractivity contribution in [2.24, 2.45) is 11.3 Å². The molecule has 6 rings (SSSR count). The average molecular weight is 469 g/mol. The highest BCUT2D eigenvalue weighted by molar-refractivity contribution is 6.03. The van der Waals surface area contributed by atoms with Crippen molar-refractivity contribution in [1.82, 2.24) is 15.1 Å². The minimum atomic E-state index is -0.553. The quantitative estimate of drug-likeness (QED) is 0.398. The van der Waals surface area contributed by atoms with Gasteiger partial charge in [0.1, 0.15) is 5.82 Å². The number of rotatable bonds is 6. The number of hydrogen-bond donors (Lipinski definition) is 1. The van der Waals surface area contributed by atoms with Crippen LogP contribution in [0.4, 0.5) is 10.1 Å². The number of hydrogen-bond acceptors (Lipinski definition) is 3. The van der Waals surface area contributed by atoms with Crippen LogP contribution in [0.25, 0.3) is 16.6 Å². The molecule has 0 bridgehead atoms. The summed E-state index contributed by atoms with van der Waals surface area (Å²) < 4.78 is 15.2. The van der Waals surface area contributed by atoms with Crippen LogP contribution in [-0.2, 0) is 4.79 Å². The second-order valence-electron chi connectivity index (χ2n) is 10.4. The summed E-state index contributed by atoms with van der Waals surface area (Å²) in [6, 6.07) is 22.5. The molecule has 2 heterocycles. The molecular formula is C29H29FN4O. The first-order valence-corrected chi connectivity index (χ1v) is 12.3. The maximum atomic E-state index is 13.9. The predicted molar refractivity (Wildman–Crippen MR) is 136 cm³/mol. The molecule has 35 heavy (non-hydrogen) atoms. The van der Waals surface area contributed by atoms with Gasteiger partial charge in [0.15, 0.2) is 0 Å². The van der Waals surface area contributed by atoms with Crippen molar-refractivity contribution in [1.29, 1.82) is 0 Å². The van der Waals surface area contributed by atoms with Crippen LogP contribution < -0.4 is 10.2 Å². The first-order chi connectivity index (χ1) is 16.9. The van der Waals surface area contributed by atoms with E-state index in [4.69, 9.17) is 0 Å². The van der Waals surface area contributed by atoms with Crippen LogP contribution in [0.15, 0.2) is 79.0 Å². The molecule has 5 nitrogen and oxygen atoms in total. The Morgan fingerprint density at radius 2 is 1.71 bits per heavy atom. The van der Waals surface area contributed by atoms with Crippen molar-refractivity contribution in [2.45, 2.75) is 38.8 Å². The minimum Gasteiger partial charge on any atom is -0.310 e. The van der Waals surface area contributed by atoms with E-state index >= 15 is 0 Å². The molecule has 0 spiro atoms. The second kappa shape index (κ2) is 8.31. The lowest BCUT2D eigenvalue weighted by atomic mass is 9.82. The zero-order chi connectivity index (χ0) is 24.2. The number of carbonyl (C=O) groups excluding carboxylic acids is 1. The topological polar surface area (TPSA) is 50.2 Å². The molecule has 0 radical (unpaired) electrons. The summed E-state index contributed by atoms with van der Waals surface area (Å²) in [4.78, 5) is 15.9. The van der Waals surface area contributed by atoms with Crippen molar-refractivity contribution in [3.8, 4) is 5.69 Å². The predicted octanol–water partition coefficient (Wildman–Crippen LogP) is 5.65. The molecule has 1 saturated heterocycles. The normalized spacial score (nSPS) is 21.7. The molecule has 2 fully saturated rings. The van der Waals surface area contributed by atoms with E-state index in [0.29, 0.717) is 0 Å². The zero-order valence-electron chi connectivity index (χ0n) is 20.0. The summed E-state index contributed by atoms with van der Waals surface area (Å²) in [7, 11) is 0. The fraction of sp³-hybridized carbons (Fsp3) is 0.310. The summed E-state index contributed by atoms with van der Waals surface area (Å²) in [5.41, 5.74) is 3.13. The maximum Gasteiger partial charge on any atom is 0.234 e. The summed E-state index contributed by atoms with van der Waals surface area (Å²) >= 11 is 0. The van der Waals surface area contributed by atoms with Gasteiger partial charge in [0, 0.05) is 17.1 Å². The molecule has 1 aliphatic carbocycles. The maximum absolute atomic E-state index is 13.9. The van der Waals surface area contributed by atoms with Crippen molar-refractivity contribution >= 4 is 22.5 Å². The number of anilines is 1. The highest BCUT2D eigenvalue weighted by Gasteiger charge is 2.54. The van der Waals surface area contributed by atoms with Crippen LogP contribution in [0.1, 0.15) is 38.3 Å². The van der Waals surface area contributed by atoms with Gasteiger partial charge in [-0.2, -0.15) is 5.10 Å². The van der Waals surface area contributed by atoms with E-state index in [0.717, 1.165) is 40.3 Å². The fourth-order valence-corrected chi connectivity index (χ4v) is 5.32. The molecule has 3 aromatic carbocycles. The second-order valence-corrected chi connectivity index (χ2v) is 10.4. The zero-order valence-corrected chi connectivity index (χ0v) is 20.0. The molecule has 2 atom stereocenters. The Hall–Kier alpha value is -3.51. The third-order valence-corrected chi connectivity index (χ3v) is 7.51. The van der Waals surface area contributed by atoms with Gasteiger partial charge >= 0.3 is 0 Å². The van der Waals surface area contributed by atoms with Crippen LogP contribution in [0.2, 0.25) is 0 Å². The van der Waals surface area contributed by atoms with Crippen LogP contribution in [0.3, 0.4) is 0 Å². The van der Waals surface area contributed by atoms with Gasteiger partial charge in [-0.15, -0.1) is 0 Å². The Morgan fingerprint density at radius 1 is 1.00 bits per heavy atom. The number of carbonyl (C=O) groups is 1. The molecular weight excluding hydrogens is 439 g/mol. The van der Waals surface area contributed by atoms with Crippen molar-refractivity contribution < 1.29 is 9.18 Å². The molecule has 4 aromatic rings. The van der Waals surface area contributed by atoms with E-state index < -0.39 is 5.41 Å².